The maximum Gasteiger partial charge on any atom is 0.163 e. The van der Waals surface area contributed by atoms with Gasteiger partial charge in [-0.3, -0.25) is 0 Å². The summed E-state index contributed by atoms with van der Waals surface area (Å²) in [6.45, 7) is 6.70. The predicted molar refractivity (Wildman–Crippen MR) is 73.7 cm³/mol. The smallest absolute Gasteiger partial charge is 0.163 e. The van der Waals surface area contributed by atoms with Crippen LogP contribution in [0.4, 0.5) is 0 Å². The Bertz CT molecular complexity index is 391. The third-order valence-electron chi connectivity index (χ3n) is 3.03. The SMILES string of the molecule is COc1cc(C(C)(C)C)cc(CCCO)c1OC. The second-order valence-electron chi connectivity index (χ2n) is 5.45. The molecule has 3 nitrogen and oxygen atoms in total. The minimum absolute atomic E-state index is 0.0630. The molecule has 0 atom stereocenters. The van der Waals surface area contributed by atoms with Crippen LogP contribution in [0, 0.1) is 0 Å². The number of methoxy groups -OCH3 is 2. The van der Waals surface area contributed by atoms with Crippen molar-refractivity contribution in [3.05, 3.63) is 23.3 Å². The number of aliphatic hydroxyl groups excluding tert-OH is 1. The van der Waals surface area contributed by atoms with Crippen LogP contribution in [0.2, 0.25) is 0 Å². The van der Waals surface area contributed by atoms with Crippen LogP contribution in [0.15, 0.2) is 12.1 Å². The lowest BCUT2D eigenvalue weighted by Gasteiger charge is -2.23. The Morgan fingerprint density at radius 1 is 1.11 bits per heavy atom. The molecule has 0 fully saturated rings. The molecule has 1 aromatic rings. The summed E-state index contributed by atoms with van der Waals surface area (Å²) in [7, 11) is 3.30. The number of aryl methyl sites for hydroxylation is 1. The second kappa shape index (κ2) is 6.10. The van der Waals surface area contributed by atoms with Gasteiger partial charge < -0.3 is 14.6 Å². The topological polar surface area (TPSA) is 38.7 Å². The van der Waals surface area contributed by atoms with Crippen LogP contribution in [0.1, 0.15) is 38.3 Å². The Hall–Kier alpha value is -1.22. The molecule has 0 saturated heterocycles. The molecule has 1 N–H and O–H groups in total. The van der Waals surface area contributed by atoms with Gasteiger partial charge in [0.25, 0.3) is 0 Å². The lowest BCUT2D eigenvalue weighted by Crippen LogP contribution is -2.12. The van der Waals surface area contributed by atoms with Gasteiger partial charge in [-0.2, -0.15) is 0 Å². The van der Waals surface area contributed by atoms with Crippen molar-refractivity contribution in [2.45, 2.75) is 39.0 Å². The highest BCUT2D eigenvalue weighted by Gasteiger charge is 2.19. The largest absolute Gasteiger partial charge is 0.493 e. The normalized spacial score (nSPS) is 11.4. The van der Waals surface area contributed by atoms with Gasteiger partial charge in [0.2, 0.25) is 0 Å². The van der Waals surface area contributed by atoms with Crippen LogP contribution in [0.5, 0.6) is 11.5 Å². The molecular weight excluding hydrogens is 228 g/mol. The highest BCUT2D eigenvalue weighted by atomic mass is 16.5. The van der Waals surface area contributed by atoms with Gasteiger partial charge in [0, 0.05) is 6.61 Å². The van der Waals surface area contributed by atoms with E-state index in [2.05, 4.69) is 26.8 Å². The first-order valence-electron chi connectivity index (χ1n) is 6.30. The number of hydrogen-bond donors (Lipinski definition) is 1. The molecule has 0 bridgehead atoms. The first-order valence-corrected chi connectivity index (χ1v) is 6.30. The van der Waals surface area contributed by atoms with Gasteiger partial charge in [-0.25, -0.2) is 0 Å². The average Bonchev–Trinajstić information content (AvgIpc) is 2.33. The van der Waals surface area contributed by atoms with Gasteiger partial charge in [0.15, 0.2) is 11.5 Å². The van der Waals surface area contributed by atoms with E-state index in [1.165, 1.54) is 5.56 Å². The van der Waals surface area contributed by atoms with Crippen molar-refractivity contribution in [2.24, 2.45) is 0 Å². The summed E-state index contributed by atoms with van der Waals surface area (Å²) in [6.07, 6.45) is 1.52. The summed E-state index contributed by atoms with van der Waals surface area (Å²) < 4.78 is 10.8. The lowest BCUT2D eigenvalue weighted by molar-refractivity contribution is 0.287. The van der Waals surface area contributed by atoms with E-state index in [9.17, 15) is 0 Å². The molecule has 0 amide bonds. The van der Waals surface area contributed by atoms with Crippen molar-refractivity contribution < 1.29 is 14.6 Å². The Morgan fingerprint density at radius 3 is 2.22 bits per heavy atom. The molecule has 3 heteroatoms. The van der Waals surface area contributed by atoms with E-state index in [0.717, 1.165) is 29.9 Å². The number of ether oxygens (including phenoxy) is 2. The average molecular weight is 252 g/mol. The Morgan fingerprint density at radius 2 is 1.78 bits per heavy atom. The van der Waals surface area contributed by atoms with Crippen LogP contribution >= 0.6 is 0 Å². The van der Waals surface area contributed by atoms with Crippen LogP contribution < -0.4 is 9.47 Å². The first-order chi connectivity index (χ1) is 8.43. The quantitative estimate of drug-likeness (QED) is 0.875. The number of rotatable bonds is 5. The maximum atomic E-state index is 8.97. The zero-order valence-corrected chi connectivity index (χ0v) is 12.0. The van der Waals surface area contributed by atoms with E-state index in [0.29, 0.717) is 0 Å². The van der Waals surface area contributed by atoms with Crippen molar-refractivity contribution in [2.75, 3.05) is 20.8 Å². The molecule has 0 aliphatic heterocycles. The summed E-state index contributed by atoms with van der Waals surface area (Å²) >= 11 is 0. The molecule has 0 aromatic heterocycles. The zero-order valence-electron chi connectivity index (χ0n) is 12.0. The monoisotopic (exact) mass is 252 g/mol. The molecule has 1 aromatic carbocycles. The number of hydrogen-bond acceptors (Lipinski definition) is 3. The van der Waals surface area contributed by atoms with Gasteiger partial charge in [0.1, 0.15) is 0 Å². The van der Waals surface area contributed by atoms with E-state index in [-0.39, 0.29) is 12.0 Å². The van der Waals surface area contributed by atoms with Crippen molar-refractivity contribution in [1.82, 2.24) is 0 Å². The summed E-state index contributed by atoms with van der Waals surface area (Å²) in [6, 6.07) is 4.18. The Labute approximate surface area is 110 Å². The zero-order chi connectivity index (χ0) is 13.8. The highest BCUT2D eigenvalue weighted by Crippen LogP contribution is 2.37. The van der Waals surface area contributed by atoms with E-state index in [4.69, 9.17) is 14.6 Å². The molecule has 0 aliphatic rings. The molecule has 102 valence electrons. The van der Waals surface area contributed by atoms with Crippen LogP contribution in [0.3, 0.4) is 0 Å². The summed E-state index contributed by atoms with van der Waals surface area (Å²) in [4.78, 5) is 0. The van der Waals surface area contributed by atoms with E-state index in [1.54, 1.807) is 14.2 Å². The summed E-state index contributed by atoms with van der Waals surface area (Å²) in [5.74, 6) is 1.54. The van der Waals surface area contributed by atoms with E-state index in [1.807, 2.05) is 6.07 Å². The summed E-state index contributed by atoms with van der Waals surface area (Å²) in [5, 5.41) is 8.97. The third kappa shape index (κ3) is 3.39. The molecule has 0 saturated carbocycles. The van der Waals surface area contributed by atoms with Crippen molar-refractivity contribution >= 4 is 0 Å². The third-order valence-corrected chi connectivity index (χ3v) is 3.03. The fraction of sp³-hybridized carbons (Fsp3) is 0.600. The molecule has 0 unspecified atom stereocenters. The fourth-order valence-electron chi connectivity index (χ4n) is 1.93. The first kappa shape index (κ1) is 14.8. The highest BCUT2D eigenvalue weighted by molar-refractivity contribution is 5.51. The summed E-state index contributed by atoms with van der Waals surface area (Å²) in [5.41, 5.74) is 2.37. The molecular formula is C15H24O3. The Kier molecular flexibility index (Phi) is 5.03. The van der Waals surface area contributed by atoms with Crippen LogP contribution in [-0.2, 0) is 11.8 Å². The molecule has 0 spiro atoms. The minimum Gasteiger partial charge on any atom is -0.493 e. The number of aliphatic hydroxyl groups is 1. The molecule has 0 aliphatic carbocycles. The molecule has 18 heavy (non-hydrogen) atoms. The van der Waals surface area contributed by atoms with Gasteiger partial charge in [0.05, 0.1) is 14.2 Å². The fourth-order valence-corrected chi connectivity index (χ4v) is 1.93. The van der Waals surface area contributed by atoms with Gasteiger partial charge in [-0.15, -0.1) is 0 Å². The second-order valence-corrected chi connectivity index (χ2v) is 5.45. The Balaban J connectivity index is 3.26. The molecule has 0 radical (unpaired) electrons. The molecule has 0 heterocycles. The van der Waals surface area contributed by atoms with Crippen molar-refractivity contribution in [1.29, 1.82) is 0 Å². The van der Waals surface area contributed by atoms with Gasteiger partial charge in [-0.1, -0.05) is 26.8 Å². The van der Waals surface area contributed by atoms with Gasteiger partial charge in [-0.05, 0) is 35.4 Å². The molecule has 1 rings (SSSR count). The maximum absolute atomic E-state index is 8.97. The standard InChI is InChI=1S/C15H24O3/c1-15(2,3)12-9-11(7-6-8-16)14(18-5)13(10-12)17-4/h9-10,16H,6-8H2,1-5H3. The van der Waals surface area contributed by atoms with E-state index >= 15 is 0 Å². The van der Waals surface area contributed by atoms with Crippen LogP contribution in [-0.4, -0.2) is 25.9 Å². The minimum atomic E-state index is 0.0630. The van der Waals surface area contributed by atoms with Crippen molar-refractivity contribution in [3.8, 4) is 11.5 Å². The lowest BCUT2D eigenvalue weighted by atomic mass is 9.85. The van der Waals surface area contributed by atoms with Crippen LogP contribution in [0.25, 0.3) is 0 Å². The van der Waals surface area contributed by atoms with Crippen molar-refractivity contribution in [3.63, 3.8) is 0 Å². The number of benzene rings is 1. The van der Waals surface area contributed by atoms with E-state index < -0.39 is 0 Å². The van der Waals surface area contributed by atoms with Gasteiger partial charge >= 0.3 is 0 Å². The predicted octanol–water partition coefficient (Wildman–Crippen LogP) is 2.93.